The highest BCUT2D eigenvalue weighted by Gasteiger charge is 2.11. The van der Waals surface area contributed by atoms with Gasteiger partial charge in [0.2, 0.25) is 0 Å². The summed E-state index contributed by atoms with van der Waals surface area (Å²) in [6.45, 7) is 2.98. The van der Waals surface area contributed by atoms with E-state index in [4.69, 9.17) is 16.7 Å². The molecule has 0 atom stereocenters. The Bertz CT molecular complexity index is 598. The molecule has 1 aromatic heterocycles. The highest BCUT2D eigenvalue weighted by atomic mass is 35.5. The quantitative estimate of drug-likeness (QED) is 0.888. The zero-order chi connectivity index (χ0) is 13.8. The number of aryl methyl sites for hydroxylation is 1. The van der Waals surface area contributed by atoms with Gasteiger partial charge in [-0.25, -0.2) is 4.98 Å². The second kappa shape index (κ2) is 6.30. The van der Waals surface area contributed by atoms with Crippen LogP contribution in [0.4, 0.5) is 0 Å². The summed E-state index contributed by atoms with van der Waals surface area (Å²) in [5.41, 5.74) is 1.92. The lowest BCUT2D eigenvalue weighted by atomic mass is 10.3. The number of halogens is 1. The zero-order valence-corrected chi connectivity index (χ0v) is 12.2. The summed E-state index contributed by atoms with van der Waals surface area (Å²) in [6.07, 6.45) is 1.00. The molecule has 0 radical (unpaired) electrons. The number of imidazole rings is 1. The molecule has 102 valence electrons. The van der Waals surface area contributed by atoms with Crippen molar-refractivity contribution in [3.63, 3.8) is 0 Å². The Hall–Kier alpha value is -1.20. The van der Waals surface area contributed by atoms with Crippen LogP contribution in [0, 0.1) is 0 Å². The topological polar surface area (TPSA) is 55.1 Å². The van der Waals surface area contributed by atoms with Crippen LogP contribution in [0.15, 0.2) is 18.2 Å². The lowest BCUT2D eigenvalue weighted by Crippen LogP contribution is -2.04. The number of rotatable bonds is 6. The third kappa shape index (κ3) is 3.42. The minimum atomic E-state index is -0.800. The number of nitrogens with zero attached hydrogens (tertiary/aromatic N) is 2. The Labute approximate surface area is 120 Å². The molecule has 0 saturated carbocycles. The molecule has 0 fully saturated rings. The average Bonchev–Trinajstić information content (AvgIpc) is 2.67. The highest BCUT2D eigenvalue weighted by molar-refractivity contribution is 7.99. The van der Waals surface area contributed by atoms with E-state index in [0.29, 0.717) is 10.8 Å². The fourth-order valence-corrected chi connectivity index (χ4v) is 2.81. The number of fused-ring (bicyclic) bond motifs is 1. The predicted molar refractivity (Wildman–Crippen MR) is 78.8 cm³/mol. The standard InChI is InChI=1S/C13H15ClN2O2S/c1-2-5-16-11-4-3-9(14)6-10(11)15-12(16)7-19-8-13(17)18/h3-4,6H,2,5,7-8H2,1H3,(H,17,18). The maximum Gasteiger partial charge on any atom is 0.313 e. The van der Waals surface area contributed by atoms with E-state index in [2.05, 4.69) is 16.5 Å². The summed E-state index contributed by atoms with van der Waals surface area (Å²) in [5.74, 6) is 0.797. The maximum absolute atomic E-state index is 10.6. The molecule has 1 heterocycles. The van der Waals surface area contributed by atoms with Crippen molar-refractivity contribution in [2.75, 3.05) is 5.75 Å². The maximum atomic E-state index is 10.6. The third-order valence-electron chi connectivity index (χ3n) is 2.69. The summed E-state index contributed by atoms with van der Waals surface area (Å²) < 4.78 is 2.14. The first-order valence-electron chi connectivity index (χ1n) is 6.06. The van der Waals surface area contributed by atoms with Gasteiger partial charge in [-0.3, -0.25) is 4.79 Å². The van der Waals surface area contributed by atoms with Crippen LogP contribution in [-0.4, -0.2) is 26.4 Å². The lowest BCUT2D eigenvalue weighted by Gasteiger charge is -2.06. The van der Waals surface area contributed by atoms with Gasteiger partial charge in [0.15, 0.2) is 0 Å². The molecule has 0 spiro atoms. The van der Waals surface area contributed by atoms with Crippen molar-refractivity contribution < 1.29 is 9.90 Å². The Kier molecular flexibility index (Phi) is 4.71. The number of aliphatic carboxylic acids is 1. The molecular weight excluding hydrogens is 284 g/mol. The van der Waals surface area contributed by atoms with Gasteiger partial charge in [-0.15, -0.1) is 11.8 Å². The SMILES string of the molecule is CCCn1c(CSCC(=O)O)nc2cc(Cl)ccc21. The van der Waals surface area contributed by atoms with Crippen LogP contribution in [0.5, 0.6) is 0 Å². The van der Waals surface area contributed by atoms with Gasteiger partial charge in [0.25, 0.3) is 0 Å². The number of carbonyl (C=O) groups is 1. The molecular formula is C13H15ClN2O2S. The first kappa shape index (κ1) is 14.2. The average molecular weight is 299 g/mol. The van der Waals surface area contributed by atoms with E-state index in [0.717, 1.165) is 29.8 Å². The van der Waals surface area contributed by atoms with Crippen LogP contribution in [0.2, 0.25) is 5.02 Å². The largest absolute Gasteiger partial charge is 0.481 e. The molecule has 0 saturated heterocycles. The van der Waals surface area contributed by atoms with Crippen molar-refractivity contribution in [1.82, 2.24) is 9.55 Å². The number of hydrogen-bond acceptors (Lipinski definition) is 3. The first-order chi connectivity index (χ1) is 9.11. The first-order valence-corrected chi connectivity index (χ1v) is 7.59. The second-order valence-electron chi connectivity index (χ2n) is 4.20. The molecule has 4 nitrogen and oxygen atoms in total. The zero-order valence-electron chi connectivity index (χ0n) is 10.6. The second-order valence-corrected chi connectivity index (χ2v) is 5.62. The summed E-state index contributed by atoms with van der Waals surface area (Å²) >= 11 is 7.33. The van der Waals surface area contributed by atoms with Crippen LogP contribution in [-0.2, 0) is 17.1 Å². The number of aromatic nitrogens is 2. The van der Waals surface area contributed by atoms with Crippen molar-refractivity contribution in [2.45, 2.75) is 25.6 Å². The fraction of sp³-hybridized carbons (Fsp3) is 0.385. The van der Waals surface area contributed by atoms with Crippen LogP contribution in [0.1, 0.15) is 19.2 Å². The third-order valence-corrected chi connectivity index (χ3v) is 3.84. The number of benzene rings is 1. The minimum absolute atomic E-state index is 0.0933. The van der Waals surface area contributed by atoms with E-state index in [9.17, 15) is 4.79 Å². The van der Waals surface area contributed by atoms with Crippen LogP contribution in [0.3, 0.4) is 0 Å². The lowest BCUT2D eigenvalue weighted by molar-refractivity contribution is -0.133. The highest BCUT2D eigenvalue weighted by Crippen LogP contribution is 2.23. The fourth-order valence-electron chi connectivity index (χ4n) is 1.97. The number of carboxylic acid groups (broad SMARTS) is 1. The van der Waals surface area contributed by atoms with Crippen molar-refractivity contribution in [2.24, 2.45) is 0 Å². The summed E-state index contributed by atoms with van der Waals surface area (Å²) in [7, 11) is 0. The van der Waals surface area contributed by atoms with Gasteiger partial charge in [-0.1, -0.05) is 18.5 Å². The molecule has 0 aliphatic rings. The molecule has 2 rings (SSSR count). The van der Waals surface area contributed by atoms with E-state index < -0.39 is 5.97 Å². The Balaban J connectivity index is 2.30. The molecule has 0 unspecified atom stereocenters. The molecule has 0 bridgehead atoms. The Morgan fingerprint density at radius 2 is 2.32 bits per heavy atom. The van der Waals surface area contributed by atoms with Crippen LogP contribution >= 0.6 is 23.4 Å². The predicted octanol–water partition coefficient (Wildman–Crippen LogP) is 3.42. The number of thioether (sulfide) groups is 1. The monoisotopic (exact) mass is 298 g/mol. The van der Waals surface area contributed by atoms with Gasteiger partial charge >= 0.3 is 5.97 Å². The van der Waals surface area contributed by atoms with Crippen LogP contribution in [0.25, 0.3) is 11.0 Å². The minimum Gasteiger partial charge on any atom is -0.481 e. The molecule has 1 N–H and O–H groups in total. The molecule has 0 aliphatic carbocycles. The van der Waals surface area contributed by atoms with E-state index >= 15 is 0 Å². The van der Waals surface area contributed by atoms with Crippen molar-refractivity contribution in [3.8, 4) is 0 Å². The molecule has 6 heteroatoms. The molecule has 1 aromatic carbocycles. The van der Waals surface area contributed by atoms with E-state index in [-0.39, 0.29) is 5.75 Å². The van der Waals surface area contributed by atoms with Crippen molar-refractivity contribution >= 4 is 40.4 Å². The van der Waals surface area contributed by atoms with Gasteiger partial charge in [0, 0.05) is 11.6 Å². The van der Waals surface area contributed by atoms with E-state index in [1.165, 1.54) is 11.8 Å². The van der Waals surface area contributed by atoms with E-state index in [1.807, 2.05) is 18.2 Å². The van der Waals surface area contributed by atoms with Gasteiger partial charge < -0.3 is 9.67 Å². The number of carboxylic acids is 1. The van der Waals surface area contributed by atoms with Crippen molar-refractivity contribution in [3.05, 3.63) is 29.0 Å². The van der Waals surface area contributed by atoms with Crippen LogP contribution < -0.4 is 0 Å². The Morgan fingerprint density at radius 1 is 1.53 bits per heavy atom. The van der Waals surface area contributed by atoms with E-state index in [1.54, 1.807) is 0 Å². The van der Waals surface area contributed by atoms with Gasteiger partial charge in [-0.2, -0.15) is 0 Å². The molecule has 19 heavy (non-hydrogen) atoms. The van der Waals surface area contributed by atoms with Gasteiger partial charge in [0.05, 0.1) is 22.5 Å². The molecule has 0 amide bonds. The van der Waals surface area contributed by atoms with Gasteiger partial charge in [0.1, 0.15) is 5.82 Å². The summed E-state index contributed by atoms with van der Waals surface area (Å²) in [6, 6.07) is 5.66. The Morgan fingerprint density at radius 3 is 3.00 bits per heavy atom. The van der Waals surface area contributed by atoms with Crippen molar-refractivity contribution in [1.29, 1.82) is 0 Å². The normalized spacial score (nSPS) is 11.1. The smallest absolute Gasteiger partial charge is 0.313 e. The summed E-state index contributed by atoms with van der Waals surface area (Å²) in [4.78, 5) is 15.1. The van der Waals surface area contributed by atoms with Gasteiger partial charge in [-0.05, 0) is 24.6 Å². The summed E-state index contributed by atoms with van der Waals surface area (Å²) in [5, 5.41) is 9.34. The molecule has 2 aromatic rings. The molecule has 0 aliphatic heterocycles. The number of hydrogen-bond donors (Lipinski definition) is 1.